The minimum absolute atomic E-state index is 0.00147. The molecule has 0 aromatic heterocycles. The predicted octanol–water partition coefficient (Wildman–Crippen LogP) is 0.563. The molecule has 1 N–H and O–H groups in total. The Kier molecular flexibility index (Phi) is 6.32. The molecule has 3 amide bonds. The second kappa shape index (κ2) is 7.76. The zero-order valence-corrected chi connectivity index (χ0v) is 11.2. The number of nitrogens with zero attached hydrogens (tertiary/aromatic N) is 1. The Bertz CT molecular complexity index is 364. The Morgan fingerprint density at radius 3 is 2.47 bits per heavy atom. The van der Waals surface area contributed by atoms with Gasteiger partial charge >= 0.3 is 0 Å². The third-order valence-electron chi connectivity index (χ3n) is 2.95. The van der Waals surface area contributed by atoms with Gasteiger partial charge in [0.1, 0.15) is 0 Å². The lowest BCUT2D eigenvalue weighted by Crippen LogP contribution is -2.32. The molecule has 0 spiro atoms. The molecule has 0 aromatic rings. The van der Waals surface area contributed by atoms with Crippen LogP contribution in [0.15, 0.2) is 12.2 Å². The van der Waals surface area contributed by atoms with Crippen LogP contribution in [-0.4, -0.2) is 43.1 Å². The number of rotatable bonds is 8. The van der Waals surface area contributed by atoms with Gasteiger partial charge in [0.25, 0.3) is 11.8 Å². The van der Waals surface area contributed by atoms with Crippen molar-refractivity contribution >= 4 is 25.6 Å². The van der Waals surface area contributed by atoms with E-state index < -0.39 is 0 Å². The maximum atomic E-state index is 11.4. The van der Waals surface area contributed by atoms with E-state index in [2.05, 4.69) is 5.32 Å². The molecule has 1 atom stereocenters. The zero-order valence-electron chi connectivity index (χ0n) is 11.2. The summed E-state index contributed by atoms with van der Waals surface area (Å²) >= 11 is 0. The molecule has 2 radical (unpaired) electrons. The number of hydrogen-bond donors (Lipinski definition) is 1. The minimum atomic E-state index is -0.250. The minimum Gasteiger partial charge on any atom is -0.354 e. The Hall–Kier alpha value is -1.59. The van der Waals surface area contributed by atoms with Crippen molar-refractivity contribution in [2.45, 2.75) is 45.0 Å². The standard InChI is InChI=1S/C13H19BN2O3/c1-10(9-14)15-11(17)5-3-2-4-8-16-12(18)6-7-13(16)19/h6-7,10H,2-5,8-9H2,1H3,(H,15,17)/t10-/m1/s1. The van der Waals surface area contributed by atoms with Crippen LogP contribution < -0.4 is 5.32 Å². The van der Waals surface area contributed by atoms with Gasteiger partial charge in [0.15, 0.2) is 0 Å². The van der Waals surface area contributed by atoms with Crippen LogP contribution in [0.1, 0.15) is 32.6 Å². The van der Waals surface area contributed by atoms with E-state index in [4.69, 9.17) is 7.85 Å². The first-order valence-electron chi connectivity index (χ1n) is 6.57. The van der Waals surface area contributed by atoms with Gasteiger partial charge in [-0.3, -0.25) is 19.3 Å². The largest absolute Gasteiger partial charge is 0.354 e. The number of hydrogen-bond acceptors (Lipinski definition) is 3. The van der Waals surface area contributed by atoms with Crippen LogP contribution in [0, 0.1) is 0 Å². The van der Waals surface area contributed by atoms with Crippen LogP contribution >= 0.6 is 0 Å². The van der Waals surface area contributed by atoms with Crippen molar-refractivity contribution in [3.63, 3.8) is 0 Å². The summed E-state index contributed by atoms with van der Waals surface area (Å²) in [7, 11) is 5.40. The lowest BCUT2D eigenvalue weighted by atomic mass is 9.98. The topological polar surface area (TPSA) is 66.5 Å². The normalized spacial score (nSPS) is 15.9. The summed E-state index contributed by atoms with van der Waals surface area (Å²) in [5.74, 6) is -0.507. The van der Waals surface area contributed by atoms with Crippen LogP contribution in [0.5, 0.6) is 0 Å². The molecule has 0 aromatic carbocycles. The summed E-state index contributed by atoms with van der Waals surface area (Å²) in [6.07, 6.45) is 5.71. The highest BCUT2D eigenvalue weighted by Gasteiger charge is 2.22. The first-order valence-corrected chi connectivity index (χ1v) is 6.57. The molecular weight excluding hydrogens is 243 g/mol. The Morgan fingerprint density at radius 1 is 1.26 bits per heavy atom. The molecule has 1 aliphatic rings. The summed E-state index contributed by atoms with van der Waals surface area (Å²) in [5.41, 5.74) is 0. The van der Waals surface area contributed by atoms with Gasteiger partial charge in [0.2, 0.25) is 5.91 Å². The Labute approximate surface area is 114 Å². The molecule has 6 heteroatoms. The number of nitrogens with one attached hydrogen (secondary N) is 1. The van der Waals surface area contributed by atoms with E-state index in [0.717, 1.165) is 19.3 Å². The van der Waals surface area contributed by atoms with Gasteiger partial charge in [-0.25, -0.2) is 0 Å². The highest BCUT2D eigenvalue weighted by atomic mass is 16.2. The van der Waals surface area contributed by atoms with Crippen molar-refractivity contribution in [3.05, 3.63) is 12.2 Å². The van der Waals surface area contributed by atoms with Crippen molar-refractivity contribution < 1.29 is 14.4 Å². The monoisotopic (exact) mass is 262 g/mol. The molecule has 0 bridgehead atoms. The summed E-state index contributed by atoms with van der Waals surface area (Å²) < 4.78 is 0. The summed E-state index contributed by atoms with van der Waals surface area (Å²) in [5, 5.41) is 2.78. The molecule has 0 saturated carbocycles. The number of amides is 3. The van der Waals surface area contributed by atoms with Crippen LogP contribution in [0.25, 0.3) is 0 Å². The van der Waals surface area contributed by atoms with E-state index in [0.29, 0.717) is 19.3 Å². The average Bonchev–Trinajstić information content (AvgIpc) is 2.69. The van der Waals surface area contributed by atoms with Crippen molar-refractivity contribution in [2.75, 3.05) is 6.54 Å². The Morgan fingerprint density at radius 2 is 1.89 bits per heavy atom. The fourth-order valence-corrected chi connectivity index (χ4v) is 1.79. The van der Waals surface area contributed by atoms with E-state index in [9.17, 15) is 14.4 Å². The Balaban J connectivity index is 2.07. The van der Waals surface area contributed by atoms with Crippen LogP contribution in [-0.2, 0) is 14.4 Å². The number of carbonyl (C=O) groups is 3. The number of imide groups is 1. The van der Waals surface area contributed by atoms with Gasteiger partial charge in [-0.1, -0.05) is 12.7 Å². The molecular formula is C13H19BN2O3. The summed E-state index contributed by atoms with van der Waals surface area (Å²) in [6.45, 7) is 2.28. The quantitative estimate of drug-likeness (QED) is 0.395. The van der Waals surface area contributed by atoms with Crippen molar-refractivity contribution in [2.24, 2.45) is 0 Å². The highest BCUT2D eigenvalue weighted by molar-refractivity contribution is 6.12. The first-order chi connectivity index (χ1) is 9.04. The van der Waals surface area contributed by atoms with Crippen molar-refractivity contribution in [1.29, 1.82) is 0 Å². The molecule has 0 fully saturated rings. The van der Waals surface area contributed by atoms with Crippen LogP contribution in [0.3, 0.4) is 0 Å². The van der Waals surface area contributed by atoms with Gasteiger partial charge < -0.3 is 5.32 Å². The van der Waals surface area contributed by atoms with E-state index in [-0.39, 0.29) is 23.8 Å². The van der Waals surface area contributed by atoms with Crippen LogP contribution in [0.2, 0.25) is 6.32 Å². The molecule has 1 heterocycles. The molecule has 0 aliphatic carbocycles. The first kappa shape index (κ1) is 15.5. The molecule has 102 valence electrons. The fourth-order valence-electron chi connectivity index (χ4n) is 1.79. The fraction of sp³-hybridized carbons (Fsp3) is 0.615. The predicted molar refractivity (Wildman–Crippen MR) is 72.5 cm³/mol. The molecule has 0 saturated heterocycles. The number of unbranched alkanes of at least 4 members (excludes halogenated alkanes) is 2. The molecule has 5 nitrogen and oxygen atoms in total. The van der Waals surface area contributed by atoms with E-state index in [1.54, 1.807) is 0 Å². The SMILES string of the molecule is [B]C[C@@H](C)NC(=O)CCCCCN1C(=O)C=CC1=O. The third-order valence-corrected chi connectivity index (χ3v) is 2.95. The van der Waals surface area contributed by atoms with Crippen molar-refractivity contribution in [3.8, 4) is 0 Å². The van der Waals surface area contributed by atoms with E-state index in [1.807, 2.05) is 6.92 Å². The number of carbonyl (C=O) groups excluding carboxylic acids is 3. The average molecular weight is 262 g/mol. The van der Waals surface area contributed by atoms with Crippen LogP contribution in [0.4, 0.5) is 0 Å². The maximum absolute atomic E-state index is 11.4. The van der Waals surface area contributed by atoms with Gasteiger partial charge in [0, 0.05) is 31.2 Å². The second-order valence-corrected chi connectivity index (χ2v) is 4.68. The van der Waals surface area contributed by atoms with Gasteiger partial charge in [-0.2, -0.15) is 0 Å². The smallest absolute Gasteiger partial charge is 0.253 e. The second-order valence-electron chi connectivity index (χ2n) is 4.68. The summed E-state index contributed by atoms with van der Waals surface area (Å²) in [4.78, 5) is 35.2. The van der Waals surface area contributed by atoms with Gasteiger partial charge in [0.05, 0.1) is 7.85 Å². The zero-order chi connectivity index (χ0) is 14.3. The van der Waals surface area contributed by atoms with Crippen molar-refractivity contribution in [1.82, 2.24) is 10.2 Å². The molecule has 1 aliphatic heterocycles. The third kappa shape index (κ3) is 5.28. The van der Waals surface area contributed by atoms with Gasteiger partial charge in [-0.15, -0.1) is 0 Å². The molecule has 19 heavy (non-hydrogen) atoms. The van der Waals surface area contributed by atoms with Gasteiger partial charge in [-0.05, 0) is 19.8 Å². The summed E-state index contributed by atoms with van der Waals surface area (Å²) in [6, 6.07) is -0.00147. The lowest BCUT2D eigenvalue weighted by Gasteiger charge is -2.13. The molecule has 1 rings (SSSR count). The molecule has 0 unspecified atom stereocenters. The lowest BCUT2D eigenvalue weighted by molar-refractivity contribution is -0.137. The highest BCUT2D eigenvalue weighted by Crippen LogP contribution is 2.07. The van der Waals surface area contributed by atoms with E-state index in [1.165, 1.54) is 17.1 Å². The maximum Gasteiger partial charge on any atom is 0.253 e. The van der Waals surface area contributed by atoms with E-state index >= 15 is 0 Å².